The Morgan fingerprint density at radius 3 is 2.50 bits per heavy atom. The zero-order valence-electron chi connectivity index (χ0n) is 15.0. The number of anilines is 1. The molecule has 1 aromatic carbocycles. The average Bonchev–Trinajstić information content (AvgIpc) is 2.99. The van der Waals surface area contributed by atoms with Gasteiger partial charge >= 0.3 is 0 Å². The highest BCUT2D eigenvalue weighted by Gasteiger charge is 2.29. The standard InChI is InChI=1S/C18H26FN3O2.2ClH/c1-24-17-12-14(19)5-6-16(17)21-7-9-22(10-8-21)18(23)11-13-3-2-4-15(13)20;;/h5-6,12-13,15H,2-4,7-11,20H2,1H3;2*1H/t13-,15+;;/m0../s1. The second-order valence-electron chi connectivity index (χ2n) is 6.74. The van der Waals surface area contributed by atoms with E-state index >= 15 is 0 Å². The van der Waals surface area contributed by atoms with E-state index in [9.17, 15) is 9.18 Å². The molecule has 0 spiro atoms. The molecular weight excluding hydrogens is 380 g/mol. The van der Waals surface area contributed by atoms with E-state index in [1.807, 2.05) is 4.90 Å². The highest BCUT2D eigenvalue weighted by atomic mass is 35.5. The first-order valence-corrected chi connectivity index (χ1v) is 8.70. The van der Waals surface area contributed by atoms with Crippen LogP contribution in [0.3, 0.4) is 0 Å². The van der Waals surface area contributed by atoms with Crippen LogP contribution in [0.25, 0.3) is 0 Å². The molecule has 148 valence electrons. The molecule has 1 aromatic rings. The minimum Gasteiger partial charge on any atom is -0.494 e. The number of nitrogens with two attached hydrogens (primary N) is 1. The number of methoxy groups -OCH3 is 1. The molecule has 1 aliphatic heterocycles. The van der Waals surface area contributed by atoms with E-state index in [-0.39, 0.29) is 42.6 Å². The van der Waals surface area contributed by atoms with Gasteiger partial charge in [0.1, 0.15) is 11.6 Å². The molecule has 0 aromatic heterocycles. The fourth-order valence-electron chi connectivity index (χ4n) is 3.78. The zero-order valence-corrected chi connectivity index (χ0v) is 16.7. The molecule has 5 nitrogen and oxygen atoms in total. The molecule has 2 atom stereocenters. The van der Waals surface area contributed by atoms with Crippen LogP contribution in [-0.2, 0) is 4.79 Å². The van der Waals surface area contributed by atoms with Crippen molar-refractivity contribution in [3.05, 3.63) is 24.0 Å². The van der Waals surface area contributed by atoms with Crippen molar-refractivity contribution in [2.24, 2.45) is 11.7 Å². The van der Waals surface area contributed by atoms with Gasteiger partial charge in [-0.2, -0.15) is 0 Å². The number of hydrogen-bond acceptors (Lipinski definition) is 4. The van der Waals surface area contributed by atoms with Crippen molar-refractivity contribution in [3.63, 3.8) is 0 Å². The lowest BCUT2D eigenvalue weighted by Gasteiger charge is -2.37. The molecule has 2 fully saturated rings. The van der Waals surface area contributed by atoms with Crippen LogP contribution in [0.5, 0.6) is 5.75 Å². The highest BCUT2D eigenvalue weighted by Crippen LogP contribution is 2.30. The van der Waals surface area contributed by atoms with Crippen LogP contribution in [0.4, 0.5) is 10.1 Å². The predicted molar refractivity (Wildman–Crippen MR) is 106 cm³/mol. The summed E-state index contributed by atoms with van der Waals surface area (Å²) in [6, 6.07) is 4.76. The summed E-state index contributed by atoms with van der Waals surface area (Å²) < 4.78 is 18.6. The van der Waals surface area contributed by atoms with Crippen molar-refractivity contribution >= 4 is 36.4 Å². The van der Waals surface area contributed by atoms with Gasteiger partial charge in [0, 0.05) is 44.7 Å². The Hall–Kier alpha value is -1.24. The van der Waals surface area contributed by atoms with E-state index in [2.05, 4.69) is 4.90 Å². The van der Waals surface area contributed by atoms with E-state index < -0.39 is 0 Å². The third-order valence-corrected chi connectivity index (χ3v) is 5.27. The summed E-state index contributed by atoms with van der Waals surface area (Å²) in [5.74, 6) is 0.778. The van der Waals surface area contributed by atoms with Gasteiger partial charge in [-0.3, -0.25) is 4.79 Å². The maximum absolute atomic E-state index is 13.3. The fraction of sp³-hybridized carbons (Fsp3) is 0.611. The van der Waals surface area contributed by atoms with Gasteiger partial charge in [0.15, 0.2) is 0 Å². The van der Waals surface area contributed by atoms with Crippen molar-refractivity contribution in [2.45, 2.75) is 31.7 Å². The SMILES string of the molecule is COc1cc(F)ccc1N1CCN(C(=O)C[C@@H]2CCC[C@H]2N)CC1.Cl.Cl. The van der Waals surface area contributed by atoms with Crippen molar-refractivity contribution in [2.75, 3.05) is 38.2 Å². The number of rotatable bonds is 4. The van der Waals surface area contributed by atoms with Crippen molar-refractivity contribution in [1.29, 1.82) is 0 Å². The van der Waals surface area contributed by atoms with Crippen LogP contribution in [0.1, 0.15) is 25.7 Å². The maximum Gasteiger partial charge on any atom is 0.223 e. The lowest BCUT2D eigenvalue weighted by Crippen LogP contribution is -2.49. The highest BCUT2D eigenvalue weighted by molar-refractivity contribution is 5.85. The van der Waals surface area contributed by atoms with E-state index in [1.165, 1.54) is 12.1 Å². The van der Waals surface area contributed by atoms with Gasteiger partial charge in [0.2, 0.25) is 5.91 Å². The van der Waals surface area contributed by atoms with Crippen molar-refractivity contribution < 1.29 is 13.9 Å². The molecule has 1 saturated heterocycles. The first-order chi connectivity index (χ1) is 11.6. The number of carbonyl (C=O) groups is 1. The Morgan fingerprint density at radius 2 is 1.92 bits per heavy atom. The third-order valence-electron chi connectivity index (χ3n) is 5.27. The molecule has 1 amide bonds. The van der Waals surface area contributed by atoms with Gasteiger partial charge in [0.25, 0.3) is 0 Å². The van der Waals surface area contributed by atoms with E-state index in [0.29, 0.717) is 31.2 Å². The van der Waals surface area contributed by atoms with Gasteiger partial charge < -0.3 is 20.3 Å². The molecule has 1 saturated carbocycles. The number of halogens is 3. The third kappa shape index (κ3) is 5.15. The fourth-order valence-corrected chi connectivity index (χ4v) is 3.78. The van der Waals surface area contributed by atoms with Gasteiger partial charge in [-0.15, -0.1) is 24.8 Å². The first-order valence-electron chi connectivity index (χ1n) is 8.70. The first kappa shape index (κ1) is 22.8. The largest absolute Gasteiger partial charge is 0.494 e. The quantitative estimate of drug-likeness (QED) is 0.833. The molecule has 0 radical (unpaired) electrons. The summed E-state index contributed by atoms with van der Waals surface area (Å²) in [7, 11) is 1.54. The number of carbonyl (C=O) groups excluding carboxylic acids is 1. The molecular formula is C18H28Cl2FN3O2. The van der Waals surface area contributed by atoms with Crippen LogP contribution < -0.4 is 15.4 Å². The molecule has 0 bridgehead atoms. The van der Waals surface area contributed by atoms with Gasteiger partial charge in [0.05, 0.1) is 12.8 Å². The lowest BCUT2D eigenvalue weighted by atomic mass is 9.99. The van der Waals surface area contributed by atoms with Crippen LogP contribution in [0.15, 0.2) is 18.2 Å². The smallest absolute Gasteiger partial charge is 0.223 e. The summed E-state index contributed by atoms with van der Waals surface area (Å²) in [6.07, 6.45) is 3.81. The number of amides is 1. The van der Waals surface area contributed by atoms with Crippen molar-refractivity contribution in [1.82, 2.24) is 4.90 Å². The van der Waals surface area contributed by atoms with E-state index in [4.69, 9.17) is 10.5 Å². The minimum atomic E-state index is -0.308. The number of ether oxygens (including phenoxy) is 1. The Balaban J connectivity index is 0.00000169. The Kier molecular flexibility index (Phi) is 8.93. The average molecular weight is 408 g/mol. The van der Waals surface area contributed by atoms with Crippen LogP contribution >= 0.6 is 24.8 Å². The predicted octanol–water partition coefficient (Wildman–Crippen LogP) is 2.84. The van der Waals surface area contributed by atoms with Gasteiger partial charge in [-0.25, -0.2) is 4.39 Å². The number of nitrogens with zero attached hydrogens (tertiary/aromatic N) is 2. The monoisotopic (exact) mass is 407 g/mol. The summed E-state index contributed by atoms with van der Waals surface area (Å²) >= 11 is 0. The Bertz CT molecular complexity index is 598. The molecule has 1 aliphatic carbocycles. The lowest BCUT2D eigenvalue weighted by molar-refractivity contribution is -0.132. The number of piperazine rings is 1. The molecule has 3 rings (SSSR count). The second kappa shape index (κ2) is 10.2. The zero-order chi connectivity index (χ0) is 17.1. The van der Waals surface area contributed by atoms with E-state index in [1.54, 1.807) is 13.2 Å². The van der Waals surface area contributed by atoms with Crippen molar-refractivity contribution in [3.8, 4) is 5.75 Å². The molecule has 2 N–H and O–H groups in total. The Labute approximate surface area is 166 Å². The van der Waals surface area contributed by atoms with Crippen LogP contribution in [-0.4, -0.2) is 50.1 Å². The minimum absolute atomic E-state index is 0. The Morgan fingerprint density at radius 1 is 1.23 bits per heavy atom. The number of benzene rings is 1. The molecule has 0 unspecified atom stereocenters. The van der Waals surface area contributed by atoms with Gasteiger partial charge in [-0.1, -0.05) is 6.42 Å². The summed E-state index contributed by atoms with van der Waals surface area (Å²) in [4.78, 5) is 16.6. The topological polar surface area (TPSA) is 58.8 Å². The molecule has 1 heterocycles. The maximum atomic E-state index is 13.3. The second-order valence-corrected chi connectivity index (χ2v) is 6.74. The summed E-state index contributed by atoms with van der Waals surface area (Å²) in [5, 5.41) is 0. The van der Waals surface area contributed by atoms with Crippen LogP contribution in [0.2, 0.25) is 0 Å². The summed E-state index contributed by atoms with van der Waals surface area (Å²) in [6.45, 7) is 2.82. The number of hydrogen-bond donors (Lipinski definition) is 1. The summed E-state index contributed by atoms with van der Waals surface area (Å²) in [5.41, 5.74) is 6.95. The van der Waals surface area contributed by atoms with E-state index in [0.717, 1.165) is 38.0 Å². The molecule has 26 heavy (non-hydrogen) atoms. The van der Waals surface area contributed by atoms with Crippen LogP contribution in [0, 0.1) is 11.7 Å². The van der Waals surface area contributed by atoms with Gasteiger partial charge in [-0.05, 0) is 30.9 Å². The molecule has 8 heteroatoms. The molecule has 2 aliphatic rings. The normalized spacial score (nSPS) is 22.4.